The summed E-state index contributed by atoms with van der Waals surface area (Å²) in [6.45, 7) is 1.06. The van der Waals surface area contributed by atoms with Gasteiger partial charge in [-0.1, -0.05) is 11.6 Å². The van der Waals surface area contributed by atoms with Gasteiger partial charge in [-0.15, -0.1) is 12.4 Å². The highest BCUT2D eigenvalue weighted by atomic mass is 35.5. The lowest BCUT2D eigenvalue weighted by Crippen LogP contribution is -2.34. The van der Waals surface area contributed by atoms with Crippen LogP contribution in [0.3, 0.4) is 0 Å². The summed E-state index contributed by atoms with van der Waals surface area (Å²) < 4.78 is 5.29. The van der Waals surface area contributed by atoms with Crippen molar-refractivity contribution in [3.8, 4) is 5.88 Å². The minimum Gasteiger partial charge on any atom is -0.475 e. The number of likely N-dealkylation sites (N-methyl/N-ethyl adjacent to an activating group) is 1. The first-order valence-corrected chi connectivity index (χ1v) is 5.26. The number of carbonyl (C=O) groups is 1. The molecule has 0 saturated heterocycles. The molecular formula is C10H15Cl2N3O2. The van der Waals surface area contributed by atoms with Crippen LogP contribution in [0.5, 0.6) is 5.88 Å². The molecule has 0 spiro atoms. The van der Waals surface area contributed by atoms with Crippen LogP contribution in [0.1, 0.15) is 0 Å². The molecule has 1 aromatic rings. The van der Waals surface area contributed by atoms with Crippen LogP contribution < -0.4 is 15.4 Å². The molecule has 0 radical (unpaired) electrons. The van der Waals surface area contributed by atoms with E-state index < -0.39 is 0 Å². The second-order valence-corrected chi connectivity index (χ2v) is 3.43. The van der Waals surface area contributed by atoms with Gasteiger partial charge in [0.1, 0.15) is 11.6 Å². The second kappa shape index (κ2) is 9.04. The Hall–Kier alpha value is -1.04. The van der Waals surface area contributed by atoms with E-state index in [-0.39, 0.29) is 18.3 Å². The van der Waals surface area contributed by atoms with Crippen LogP contribution in [0.25, 0.3) is 0 Å². The number of hydrogen-bond donors (Lipinski definition) is 2. The van der Waals surface area contributed by atoms with Crippen LogP contribution >= 0.6 is 24.0 Å². The first-order valence-electron chi connectivity index (χ1n) is 4.88. The Morgan fingerprint density at radius 1 is 1.59 bits per heavy atom. The molecule has 1 amide bonds. The molecule has 1 aromatic heterocycles. The number of ether oxygens (including phenoxy) is 1. The minimum atomic E-state index is -0.0711. The van der Waals surface area contributed by atoms with Crippen molar-refractivity contribution < 1.29 is 9.53 Å². The zero-order valence-electron chi connectivity index (χ0n) is 9.40. The predicted octanol–water partition coefficient (Wildman–Crippen LogP) is 0.871. The molecule has 0 atom stereocenters. The maximum atomic E-state index is 11.1. The summed E-state index contributed by atoms with van der Waals surface area (Å²) in [5.74, 6) is 0.310. The number of pyridine rings is 1. The molecule has 17 heavy (non-hydrogen) atoms. The molecule has 5 nitrogen and oxygen atoms in total. The third kappa shape index (κ3) is 6.31. The standard InChI is InChI=1S/C10H14ClN3O2.ClH/c1-12-7-9(15)13-5-6-16-10-8(11)3-2-4-14-10;/h2-4,12H,5-7H2,1H3,(H,13,15);1H. The summed E-state index contributed by atoms with van der Waals surface area (Å²) in [6, 6.07) is 3.42. The van der Waals surface area contributed by atoms with Gasteiger partial charge < -0.3 is 15.4 Å². The van der Waals surface area contributed by atoms with Crippen LogP contribution in [0.4, 0.5) is 0 Å². The molecule has 96 valence electrons. The van der Waals surface area contributed by atoms with Gasteiger partial charge in [0.15, 0.2) is 0 Å². The SMILES string of the molecule is CNCC(=O)NCCOc1ncccc1Cl.Cl. The van der Waals surface area contributed by atoms with E-state index in [2.05, 4.69) is 15.6 Å². The molecule has 0 unspecified atom stereocenters. The van der Waals surface area contributed by atoms with Gasteiger partial charge in [0.2, 0.25) is 11.8 Å². The summed E-state index contributed by atoms with van der Waals surface area (Å²) in [5, 5.41) is 5.89. The van der Waals surface area contributed by atoms with Crippen molar-refractivity contribution >= 4 is 29.9 Å². The zero-order valence-corrected chi connectivity index (χ0v) is 11.0. The van der Waals surface area contributed by atoms with E-state index in [9.17, 15) is 4.79 Å². The summed E-state index contributed by atoms with van der Waals surface area (Å²) in [4.78, 5) is 15.0. The van der Waals surface area contributed by atoms with Gasteiger partial charge in [0.05, 0.1) is 13.1 Å². The smallest absolute Gasteiger partial charge is 0.234 e. The van der Waals surface area contributed by atoms with Crippen LogP contribution in [0, 0.1) is 0 Å². The highest BCUT2D eigenvalue weighted by Gasteiger charge is 2.02. The third-order valence-electron chi connectivity index (χ3n) is 1.73. The lowest BCUT2D eigenvalue weighted by molar-refractivity contribution is -0.120. The van der Waals surface area contributed by atoms with Crippen LogP contribution in [0.15, 0.2) is 18.3 Å². The molecule has 0 fully saturated rings. The summed E-state index contributed by atoms with van der Waals surface area (Å²) in [6.07, 6.45) is 1.60. The van der Waals surface area contributed by atoms with Gasteiger partial charge in [0.25, 0.3) is 0 Å². The van der Waals surface area contributed by atoms with E-state index in [1.54, 1.807) is 25.4 Å². The average Bonchev–Trinajstić information content (AvgIpc) is 2.27. The number of aromatic nitrogens is 1. The van der Waals surface area contributed by atoms with Crippen molar-refractivity contribution in [1.29, 1.82) is 0 Å². The highest BCUT2D eigenvalue weighted by Crippen LogP contribution is 2.19. The Bertz CT molecular complexity index is 350. The number of nitrogens with one attached hydrogen (secondary N) is 2. The van der Waals surface area contributed by atoms with Crippen molar-refractivity contribution in [2.24, 2.45) is 0 Å². The second-order valence-electron chi connectivity index (χ2n) is 3.02. The number of amides is 1. The quantitative estimate of drug-likeness (QED) is 0.759. The fourth-order valence-corrected chi connectivity index (χ4v) is 1.21. The number of hydrogen-bond acceptors (Lipinski definition) is 4. The van der Waals surface area contributed by atoms with Crippen molar-refractivity contribution in [1.82, 2.24) is 15.6 Å². The molecule has 0 aliphatic carbocycles. The highest BCUT2D eigenvalue weighted by molar-refractivity contribution is 6.31. The zero-order chi connectivity index (χ0) is 11.8. The Morgan fingerprint density at radius 3 is 3.00 bits per heavy atom. The molecule has 0 saturated carbocycles. The van der Waals surface area contributed by atoms with Crippen molar-refractivity contribution in [3.63, 3.8) is 0 Å². The molecule has 0 aromatic carbocycles. The first kappa shape index (κ1) is 16.0. The van der Waals surface area contributed by atoms with E-state index in [0.29, 0.717) is 30.6 Å². The van der Waals surface area contributed by atoms with Gasteiger partial charge in [-0.05, 0) is 19.2 Å². The van der Waals surface area contributed by atoms with Crippen molar-refractivity contribution in [2.75, 3.05) is 26.7 Å². The number of rotatable bonds is 6. The lowest BCUT2D eigenvalue weighted by atomic mass is 10.5. The van der Waals surface area contributed by atoms with Crippen LogP contribution in [0.2, 0.25) is 5.02 Å². The monoisotopic (exact) mass is 279 g/mol. The molecule has 1 heterocycles. The topological polar surface area (TPSA) is 63.2 Å². The maximum Gasteiger partial charge on any atom is 0.234 e. The Kier molecular flexibility index (Phi) is 8.49. The van der Waals surface area contributed by atoms with E-state index in [1.807, 2.05) is 0 Å². The molecule has 7 heteroatoms. The first-order chi connectivity index (χ1) is 7.74. The fraction of sp³-hybridized carbons (Fsp3) is 0.400. The van der Waals surface area contributed by atoms with Gasteiger partial charge in [-0.2, -0.15) is 0 Å². The van der Waals surface area contributed by atoms with Gasteiger partial charge in [-0.25, -0.2) is 4.98 Å². The largest absolute Gasteiger partial charge is 0.475 e. The normalized spacial score (nSPS) is 9.29. The average molecular weight is 280 g/mol. The number of carbonyl (C=O) groups excluding carboxylic acids is 1. The molecule has 0 aliphatic heterocycles. The van der Waals surface area contributed by atoms with E-state index in [1.165, 1.54) is 0 Å². The third-order valence-corrected chi connectivity index (χ3v) is 2.01. The number of halogens is 2. The molecule has 2 N–H and O–H groups in total. The minimum absolute atomic E-state index is 0. The van der Waals surface area contributed by atoms with E-state index in [4.69, 9.17) is 16.3 Å². The van der Waals surface area contributed by atoms with Crippen LogP contribution in [-0.2, 0) is 4.79 Å². The Labute approximate surface area is 111 Å². The lowest BCUT2D eigenvalue weighted by Gasteiger charge is -2.07. The van der Waals surface area contributed by atoms with Gasteiger partial charge in [-0.3, -0.25) is 4.79 Å². The molecular weight excluding hydrogens is 265 g/mol. The summed E-state index contributed by atoms with van der Waals surface area (Å²) in [5.41, 5.74) is 0. The van der Waals surface area contributed by atoms with Crippen molar-refractivity contribution in [3.05, 3.63) is 23.4 Å². The molecule has 0 bridgehead atoms. The summed E-state index contributed by atoms with van der Waals surface area (Å²) >= 11 is 5.83. The Morgan fingerprint density at radius 2 is 2.35 bits per heavy atom. The molecule has 1 rings (SSSR count). The van der Waals surface area contributed by atoms with Gasteiger partial charge >= 0.3 is 0 Å². The fourth-order valence-electron chi connectivity index (χ4n) is 1.04. The maximum absolute atomic E-state index is 11.1. The predicted molar refractivity (Wildman–Crippen MR) is 68.9 cm³/mol. The van der Waals surface area contributed by atoms with Gasteiger partial charge in [0, 0.05) is 6.20 Å². The molecule has 0 aliphatic rings. The van der Waals surface area contributed by atoms with Crippen LogP contribution in [-0.4, -0.2) is 37.6 Å². The van der Waals surface area contributed by atoms with E-state index >= 15 is 0 Å². The van der Waals surface area contributed by atoms with Crippen molar-refractivity contribution in [2.45, 2.75) is 0 Å². The Balaban J connectivity index is 0.00000256. The number of nitrogens with zero attached hydrogens (tertiary/aromatic N) is 1. The van der Waals surface area contributed by atoms with E-state index in [0.717, 1.165) is 0 Å². The summed E-state index contributed by atoms with van der Waals surface area (Å²) in [7, 11) is 1.71.